The molecule has 2 N–H and O–H groups in total. The van der Waals surface area contributed by atoms with Gasteiger partial charge in [-0.2, -0.15) is 0 Å². The van der Waals surface area contributed by atoms with Crippen LogP contribution in [0.15, 0.2) is 12.5 Å². The first kappa shape index (κ1) is 7.00. The fourth-order valence-corrected chi connectivity index (χ4v) is 1.34. The second-order valence-corrected chi connectivity index (χ2v) is 3.28. The van der Waals surface area contributed by atoms with Crippen molar-refractivity contribution in [2.24, 2.45) is 5.73 Å². The number of rotatable bonds is 1. The highest BCUT2D eigenvalue weighted by Gasteiger charge is 2.42. The summed E-state index contributed by atoms with van der Waals surface area (Å²) in [6.45, 7) is 0. The van der Waals surface area contributed by atoms with E-state index < -0.39 is 0 Å². The van der Waals surface area contributed by atoms with Gasteiger partial charge in [-0.15, -0.1) is 0 Å². The zero-order valence-corrected chi connectivity index (χ0v) is 6.67. The average Bonchev–Trinajstić information content (AvgIpc) is 2.70. The van der Waals surface area contributed by atoms with E-state index in [0.29, 0.717) is 5.02 Å². The van der Waals surface area contributed by atoms with Gasteiger partial charge in [-0.1, -0.05) is 11.6 Å². The van der Waals surface area contributed by atoms with Crippen molar-refractivity contribution >= 4 is 11.6 Å². The van der Waals surface area contributed by atoms with E-state index in [0.717, 1.165) is 18.5 Å². The first-order valence-corrected chi connectivity index (χ1v) is 3.85. The van der Waals surface area contributed by atoms with Gasteiger partial charge in [0.05, 0.1) is 16.3 Å². The van der Waals surface area contributed by atoms with Crippen LogP contribution in [0.5, 0.6) is 0 Å². The van der Waals surface area contributed by atoms with Crippen molar-refractivity contribution in [2.45, 2.75) is 18.4 Å². The maximum absolute atomic E-state index is 5.89. The van der Waals surface area contributed by atoms with Crippen LogP contribution in [0.3, 0.4) is 0 Å². The summed E-state index contributed by atoms with van der Waals surface area (Å²) in [6, 6.07) is 0. The molecule has 0 radical (unpaired) electrons. The molecular weight excluding hydrogens is 162 g/mol. The molecule has 2 rings (SSSR count). The van der Waals surface area contributed by atoms with Gasteiger partial charge in [-0.25, -0.2) is 9.97 Å². The molecule has 0 unspecified atom stereocenters. The third-order valence-electron chi connectivity index (χ3n) is 1.93. The number of halogens is 1. The predicted octanol–water partition coefficient (Wildman–Crippen LogP) is 1.08. The monoisotopic (exact) mass is 169 g/mol. The molecular formula is C7H8ClN3. The molecule has 1 aliphatic rings. The molecule has 1 saturated carbocycles. The number of nitrogens with zero attached hydrogens (tertiary/aromatic N) is 2. The van der Waals surface area contributed by atoms with Crippen LogP contribution < -0.4 is 5.73 Å². The minimum Gasteiger partial charge on any atom is -0.320 e. The Hall–Kier alpha value is -0.670. The highest BCUT2D eigenvalue weighted by atomic mass is 35.5. The number of hydrogen-bond acceptors (Lipinski definition) is 3. The fourth-order valence-electron chi connectivity index (χ4n) is 1.05. The van der Waals surface area contributed by atoms with E-state index in [4.69, 9.17) is 17.3 Å². The third kappa shape index (κ3) is 1.10. The molecule has 1 fully saturated rings. The minimum atomic E-state index is -0.250. The first-order valence-electron chi connectivity index (χ1n) is 3.47. The molecule has 0 aliphatic heterocycles. The average molecular weight is 170 g/mol. The molecule has 11 heavy (non-hydrogen) atoms. The molecule has 1 aromatic heterocycles. The van der Waals surface area contributed by atoms with Gasteiger partial charge in [0, 0.05) is 6.20 Å². The molecule has 1 aliphatic carbocycles. The van der Waals surface area contributed by atoms with Crippen LogP contribution in [0, 0.1) is 0 Å². The minimum absolute atomic E-state index is 0.250. The van der Waals surface area contributed by atoms with E-state index in [9.17, 15) is 0 Å². The summed E-state index contributed by atoms with van der Waals surface area (Å²) in [4.78, 5) is 7.83. The van der Waals surface area contributed by atoms with Gasteiger partial charge in [0.2, 0.25) is 0 Å². The van der Waals surface area contributed by atoms with Gasteiger partial charge in [0.15, 0.2) is 0 Å². The summed E-state index contributed by atoms with van der Waals surface area (Å²) in [5.41, 5.74) is 6.43. The van der Waals surface area contributed by atoms with Gasteiger partial charge in [-0.05, 0) is 12.8 Å². The lowest BCUT2D eigenvalue weighted by Gasteiger charge is -2.07. The van der Waals surface area contributed by atoms with E-state index in [1.54, 1.807) is 6.20 Å². The molecule has 0 bridgehead atoms. The smallest absolute Gasteiger partial charge is 0.115 e. The highest BCUT2D eigenvalue weighted by molar-refractivity contribution is 6.31. The van der Waals surface area contributed by atoms with E-state index in [2.05, 4.69) is 9.97 Å². The van der Waals surface area contributed by atoms with Gasteiger partial charge < -0.3 is 5.73 Å². The summed E-state index contributed by atoms with van der Waals surface area (Å²) < 4.78 is 0. The van der Waals surface area contributed by atoms with Crippen molar-refractivity contribution in [1.29, 1.82) is 0 Å². The van der Waals surface area contributed by atoms with Crippen LogP contribution in [0.4, 0.5) is 0 Å². The summed E-state index contributed by atoms with van der Waals surface area (Å²) in [7, 11) is 0. The topological polar surface area (TPSA) is 51.8 Å². The number of hydrogen-bond donors (Lipinski definition) is 1. The van der Waals surface area contributed by atoms with E-state index in [1.165, 1.54) is 6.33 Å². The molecule has 0 atom stereocenters. The number of aromatic nitrogens is 2. The molecule has 58 valence electrons. The molecule has 1 aromatic rings. The summed E-state index contributed by atoms with van der Waals surface area (Å²) in [6.07, 6.45) is 5.01. The Balaban J connectivity index is 2.45. The van der Waals surface area contributed by atoms with Gasteiger partial charge >= 0.3 is 0 Å². The lowest BCUT2D eigenvalue weighted by molar-refractivity contribution is 0.703. The standard InChI is InChI=1S/C7H8ClN3/c8-5-3-10-4-11-6(5)7(9)1-2-7/h3-4H,1-2,9H2. The molecule has 0 aromatic carbocycles. The van der Waals surface area contributed by atoms with Gasteiger partial charge in [-0.3, -0.25) is 0 Å². The van der Waals surface area contributed by atoms with Crippen molar-refractivity contribution in [3.8, 4) is 0 Å². The van der Waals surface area contributed by atoms with E-state index in [1.807, 2.05) is 0 Å². The molecule has 4 heteroatoms. The van der Waals surface area contributed by atoms with E-state index in [-0.39, 0.29) is 5.54 Å². The second kappa shape index (κ2) is 2.16. The van der Waals surface area contributed by atoms with E-state index >= 15 is 0 Å². The number of nitrogens with two attached hydrogens (primary N) is 1. The van der Waals surface area contributed by atoms with Gasteiger partial charge in [0.1, 0.15) is 6.33 Å². The Kier molecular flexibility index (Phi) is 1.37. The molecule has 3 nitrogen and oxygen atoms in total. The third-order valence-corrected chi connectivity index (χ3v) is 2.20. The van der Waals surface area contributed by atoms with Crippen LogP contribution in [-0.2, 0) is 5.54 Å². The van der Waals surface area contributed by atoms with Crippen molar-refractivity contribution < 1.29 is 0 Å². The quantitative estimate of drug-likeness (QED) is 0.685. The maximum Gasteiger partial charge on any atom is 0.115 e. The van der Waals surface area contributed by atoms with Crippen LogP contribution in [0.2, 0.25) is 5.02 Å². The van der Waals surface area contributed by atoms with Crippen LogP contribution in [0.25, 0.3) is 0 Å². The SMILES string of the molecule is NC1(c2ncncc2Cl)CC1. The first-order chi connectivity index (χ1) is 5.22. The summed E-state index contributed by atoms with van der Waals surface area (Å²) in [5.74, 6) is 0. The van der Waals surface area contributed by atoms with Gasteiger partial charge in [0.25, 0.3) is 0 Å². The summed E-state index contributed by atoms with van der Waals surface area (Å²) >= 11 is 5.84. The van der Waals surface area contributed by atoms with Crippen molar-refractivity contribution in [1.82, 2.24) is 9.97 Å². The lowest BCUT2D eigenvalue weighted by atomic mass is 10.2. The molecule has 1 heterocycles. The van der Waals surface area contributed by atoms with Crippen LogP contribution in [-0.4, -0.2) is 9.97 Å². The summed E-state index contributed by atoms with van der Waals surface area (Å²) in [5, 5.41) is 0.576. The zero-order chi connectivity index (χ0) is 7.90. The molecule has 0 saturated heterocycles. The molecule has 0 amide bonds. The van der Waals surface area contributed by atoms with Crippen LogP contribution in [0.1, 0.15) is 18.5 Å². The Morgan fingerprint density at radius 1 is 1.55 bits per heavy atom. The maximum atomic E-state index is 5.89. The van der Waals surface area contributed by atoms with Crippen molar-refractivity contribution in [3.63, 3.8) is 0 Å². The second-order valence-electron chi connectivity index (χ2n) is 2.88. The van der Waals surface area contributed by atoms with Crippen LogP contribution >= 0.6 is 11.6 Å². The fraction of sp³-hybridized carbons (Fsp3) is 0.429. The zero-order valence-electron chi connectivity index (χ0n) is 5.92. The Bertz CT molecular complexity index is 283. The molecule has 0 spiro atoms. The highest BCUT2D eigenvalue weighted by Crippen LogP contribution is 2.43. The largest absolute Gasteiger partial charge is 0.320 e. The predicted molar refractivity (Wildman–Crippen MR) is 42.1 cm³/mol. The Labute approximate surface area is 69.6 Å². The van der Waals surface area contributed by atoms with Crippen molar-refractivity contribution in [2.75, 3.05) is 0 Å². The Morgan fingerprint density at radius 3 is 2.82 bits per heavy atom. The lowest BCUT2D eigenvalue weighted by Crippen LogP contribution is -2.20. The normalized spacial score (nSPS) is 19.8. The Morgan fingerprint density at radius 2 is 2.27 bits per heavy atom. The van der Waals surface area contributed by atoms with Crippen molar-refractivity contribution in [3.05, 3.63) is 23.2 Å².